The number of nitrogens with zero attached hydrogens (tertiary/aromatic N) is 4. The maximum atomic E-state index is 4.32. The third-order valence-corrected chi connectivity index (χ3v) is 3.64. The molecule has 7 heteroatoms. The minimum Gasteiger partial charge on any atom is -0.352 e. The van der Waals surface area contributed by atoms with E-state index in [0.717, 1.165) is 29.1 Å². The first-order valence-electron chi connectivity index (χ1n) is 6.72. The second kappa shape index (κ2) is 9.14. The van der Waals surface area contributed by atoms with Crippen molar-refractivity contribution in [3.05, 3.63) is 52.3 Å². The average Bonchev–Trinajstić information content (AvgIpc) is 2.87. The van der Waals surface area contributed by atoms with Crippen molar-refractivity contribution in [2.45, 2.75) is 13.1 Å². The Morgan fingerprint density at radius 1 is 1.32 bits per heavy atom. The maximum Gasteiger partial charge on any atom is 0.193 e. The Balaban J connectivity index is 0.00000242. The summed E-state index contributed by atoms with van der Waals surface area (Å²) in [6.07, 6.45) is 3.89. The van der Waals surface area contributed by atoms with Gasteiger partial charge in [-0.05, 0) is 17.7 Å². The second-order valence-corrected chi connectivity index (χ2v) is 5.82. The molecule has 1 aromatic carbocycles. The van der Waals surface area contributed by atoms with E-state index in [9.17, 15) is 0 Å². The standard InChI is InChI=1S/C15H20BrN5.HI/c1-17-15(18-8-12-4-6-14(16)7-5-12)20(2)10-13-9-19-21(3)11-13;/h4-7,9,11H,8,10H2,1-3H3,(H,17,18);1H. The van der Waals surface area contributed by atoms with Gasteiger partial charge in [-0.3, -0.25) is 9.67 Å². The third kappa shape index (κ3) is 5.60. The van der Waals surface area contributed by atoms with Gasteiger partial charge in [0, 0.05) is 50.5 Å². The number of nitrogens with one attached hydrogen (secondary N) is 1. The van der Waals surface area contributed by atoms with E-state index in [1.165, 1.54) is 5.56 Å². The van der Waals surface area contributed by atoms with Gasteiger partial charge in [0.2, 0.25) is 0 Å². The van der Waals surface area contributed by atoms with Gasteiger partial charge in [0.25, 0.3) is 0 Å². The van der Waals surface area contributed by atoms with Crippen molar-refractivity contribution in [3.8, 4) is 0 Å². The van der Waals surface area contributed by atoms with Crippen molar-refractivity contribution in [2.75, 3.05) is 14.1 Å². The van der Waals surface area contributed by atoms with Crippen molar-refractivity contribution in [3.63, 3.8) is 0 Å². The largest absolute Gasteiger partial charge is 0.352 e. The van der Waals surface area contributed by atoms with Crippen LogP contribution in [0.2, 0.25) is 0 Å². The highest BCUT2D eigenvalue weighted by molar-refractivity contribution is 14.0. The molecule has 0 aliphatic heterocycles. The van der Waals surface area contributed by atoms with Crippen LogP contribution >= 0.6 is 39.9 Å². The molecule has 0 amide bonds. The summed E-state index contributed by atoms with van der Waals surface area (Å²) in [4.78, 5) is 6.40. The molecular weight excluding hydrogens is 457 g/mol. The molecule has 0 unspecified atom stereocenters. The van der Waals surface area contributed by atoms with Gasteiger partial charge in [0.1, 0.15) is 0 Å². The van der Waals surface area contributed by atoms with Crippen LogP contribution < -0.4 is 5.32 Å². The van der Waals surface area contributed by atoms with E-state index in [1.54, 1.807) is 11.7 Å². The Bertz CT molecular complexity index is 609. The summed E-state index contributed by atoms with van der Waals surface area (Å²) in [6, 6.07) is 8.26. The lowest BCUT2D eigenvalue weighted by atomic mass is 10.2. The van der Waals surface area contributed by atoms with Crippen LogP contribution in [0.1, 0.15) is 11.1 Å². The normalized spacial score (nSPS) is 11.0. The summed E-state index contributed by atoms with van der Waals surface area (Å²) >= 11 is 3.44. The van der Waals surface area contributed by atoms with Crippen LogP contribution in [0.3, 0.4) is 0 Å². The zero-order valence-electron chi connectivity index (χ0n) is 13.0. The van der Waals surface area contributed by atoms with Gasteiger partial charge in [-0.2, -0.15) is 5.10 Å². The summed E-state index contributed by atoms with van der Waals surface area (Å²) in [6.45, 7) is 1.52. The third-order valence-electron chi connectivity index (χ3n) is 3.12. The van der Waals surface area contributed by atoms with Crippen LogP contribution in [-0.4, -0.2) is 34.7 Å². The molecule has 0 radical (unpaired) electrons. The molecule has 0 aliphatic rings. The molecule has 2 aromatic rings. The number of benzene rings is 1. The Hall–Kier alpha value is -1.09. The molecule has 0 bridgehead atoms. The molecule has 2 rings (SSSR count). The van der Waals surface area contributed by atoms with E-state index in [2.05, 4.69) is 48.4 Å². The van der Waals surface area contributed by atoms with Crippen LogP contribution in [0.15, 0.2) is 46.1 Å². The van der Waals surface area contributed by atoms with Gasteiger partial charge < -0.3 is 10.2 Å². The molecule has 1 heterocycles. The lowest BCUT2D eigenvalue weighted by Gasteiger charge is -2.21. The van der Waals surface area contributed by atoms with Gasteiger partial charge in [0.05, 0.1) is 6.20 Å². The summed E-state index contributed by atoms with van der Waals surface area (Å²) in [5.41, 5.74) is 2.38. The number of aliphatic imine (C=N–C) groups is 1. The predicted molar refractivity (Wildman–Crippen MR) is 104 cm³/mol. The summed E-state index contributed by atoms with van der Waals surface area (Å²) in [5.74, 6) is 0.863. The first-order valence-corrected chi connectivity index (χ1v) is 7.51. The molecule has 0 atom stereocenters. The van der Waals surface area contributed by atoms with E-state index in [-0.39, 0.29) is 24.0 Å². The zero-order chi connectivity index (χ0) is 15.2. The van der Waals surface area contributed by atoms with E-state index in [1.807, 2.05) is 38.6 Å². The number of rotatable bonds is 4. The number of hydrogen-bond acceptors (Lipinski definition) is 2. The van der Waals surface area contributed by atoms with Crippen molar-refractivity contribution in [1.29, 1.82) is 0 Å². The Kier molecular flexibility index (Phi) is 7.88. The molecule has 0 spiro atoms. The molecule has 1 N–H and O–H groups in total. The minimum atomic E-state index is 0. The number of aryl methyl sites for hydroxylation is 1. The fraction of sp³-hybridized carbons (Fsp3) is 0.333. The van der Waals surface area contributed by atoms with Crippen molar-refractivity contribution in [1.82, 2.24) is 20.0 Å². The Morgan fingerprint density at radius 2 is 2.00 bits per heavy atom. The number of guanidine groups is 1. The fourth-order valence-corrected chi connectivity index (χ4v) is 2.33. The van der Waals surface area contributed by atoms with Crippen LogP contribution in [0.4, 0.5) is 0 Å². The maximum absolute atomic E-state index is 4.32. The highest BCUT2D eigenvalue weighted by atomic mass is 127. The van der Waals surface area contributed by atoms with Crippen molar-refractivity contribution in [2.24, 2.45) is 12.0 Å². The zero-order valence-corrected chi connectivity index (χ0v) is 16.9. The van der Waals surface area contributed by atoms with E-state index < -0.39 is 0 Å². The van der Waals surface area contributed by atoms with Crippen LogP contribution in [0.25, 0.3) is 0 Å². The monoisotopic (exact) mass is 477 g/mol. The quantitative estimate of drug-likeness (QED) is 0.418. The molecule has 5 nitrogen and oxygen atoms in total. The molecule has 0 aliphatic carbocycles. The van der Waals surface area contributed by atoms with Gasteiger partial charge in [-0.25, -0.2) is 0 Å². The summed E-state index contributed by atoms with van der Waals surface area (Å²) in [5, 5.41) is 7.55. The smallest absolute Gasteiger partial charge is 0.193 e. The van der Waals surface area contributed by atoms with Crippen LogP contribution in [0.5, 0.6) is 0 Å². The fourth-order valence-electron chi connectivity index (χ4n) is 2.07. The van der Waals surface area contributed by atoms with E-state index in [0.29, 0.717) is 0 Å². The Morgan fingerprint density at radius 3 is 2.55 bits per heavy atom. The summed E-state index contributed by atoms with van der Waals surface area (Å²) in [7, 11) is 5.73. The SMILES string of the molecule is CN=C(NCc1ccc(Br)cc1)N(C)Cc1cnn(C)c1.I. The highest BCUT2D eigenvalue weighted by Crippen LogP contribution is 2.10. The van der Waals surface area contributed by atoms with Gasteiger partial charge in [-0.1, -0.05) is 28.1 Å². The molecule has 120 valence electrons. The summed E-state index contributed by atoms with van der Waals surface area (Å²) < 4.78 is 2.89. The van der Waals surface area contributed by atoms with E-state index in [4.69, 9.17) is 0 Å². The molecule has 0 fully saturated rings. The van der Waals surface area contributed by atoms with E-state index >= 15 is 0 Å². The lowest BCUT2D eigenvalue weighted by Crippen LogP contribution is -2.37. The lowest BCUT2D eigenvalue weighted by molar-refractivity contribution is 0.476. The number of halogens is 2. The predicted octanol–water partition coefficient (Wildman–Crippen LogP) is 3.01. The number of hydrogen-bond donors (Lipinski definition) is 1. The Labute approximate surface area is 157 Å². The molecular formula is C15H21BrIN5. The van der Waals surface area contributed by atoms with Crippen molar-refractivity contribution >= 4 is 45.9 Å². The first kappa shape index (κ1) is 19.0. The topological polar surface area (TPSA) is 45.5 Å². The molecule has 22 heavy (non-hydrogen) atoms. The molecule has 0 saturated heterocycles. The van der Waals surface area contributed by atoms with Crippen LogP contribution in [-0.2, 0) is 20.1 Å². The molecule has 0 saturated carbocycles. The van der Waals surface area contributed by atoms with Gasteiger partial charge in [-0.15, -0.1) is 24.0 Å². The van der Waals surface area contributed by atoms with Crippen molar-refractivity contribution < 1.29 is 0 Å². The number of aromatic nitrogens is 2. The minimum absolute atomic E-state index is 0. The average molecular weight is 478 g/mol. The van der Waals surface area contributed by atoms with Gasteiger partial charge >= 0.3 is 0 Å². The van der Waals surface area contributed by atoms with Gasteiger partial charge in [0.15, 0.2) is 5.96 Å². The highest BCUT2D eigenvalue weighted by Gasteiger charge is 2.07. The first-order chi connectivity index (χ1) is 10.1. The molecule has 1 aromatic heterocycles. The van der Waals surface area contributed by atoms with Crippen LogP contribution in [0, 0.1) is 0 Å². The second-order valence-electron chi connectivity index (χ2n) is 4.91.